The Hall–Kier alpha value is -9.86. The van der Waals surface area contributed by atoms with Crippen molar-refractivity contribution < 1.29 is 9.59 Å². The first-order valence-electron chi connectivity index (χ1n) is 22.0. The van der Waals surface area contributed by atoms with Crippen LogP contribution in [0.5, 0.6) is 0 Å². The van der Waals surface area contributed by atoms with E-state index in [4.69, 9.17) is 0 Å². The molecule has 0 spiro atoms. The van der Waals surface area contributed by atoms with E-state index in [0.29, 0.717) is 61.4 Å². The van der Waals surface area contributed by atoms with E-state index in [1.54, 1.807) is 48.5 Å². The van der Waals surface area contributed by atoms with Crippen molar-refractivity contribution in [1.29, 1.82) is 21.0 Å². The van der Waals surface area contributed by atoms with E-state index in [-0.39, 0.29) is 17.0 Å². The second-order valence-corrected chi connectivity index (χ2v) is 16.8. The van der Waals surface area contributed by atoms with Crippen LogP contribution in [0.4, 0.5) is 17.1 Å². The number of nitrogens with zero attached hydrogens (tertiary/aromatic N) is 6. The van der Waals surface area contributed by atoms with Gasteiger partial charge in [0, 0.05) is 22.6 Å². The van der Waals surface area contributed by atoms with Gasteiger partial charge in [-0.25, -0.2) is 4.90 Å². The molecule has 0 N–H and O–H groups in total. The van der Waals surface area contributed by atoms with Gasteiger partial charge in [0.05, 0.1) is 80.8 Å². The molecule has 0 aromatic heterocycles. The molecule has 2 aliphatic heterocycles. The maximum Gasteiger partial charge on any atom is 0.268 e. The van der Waals surface area contributed by atoms with E-state index < -0.39 is 17.9 Å². The molecule has 1 aliphatic carbocycles. The quantitative estimate of drug-likeness (QED) is 0.145. The fraction of sp³-hybridized carbons (Fsp3) is 0.0333. The number of benzene rings is 8. The number of imide groups is 1. The van der Waals surface area contributed by atoms with Crippen LogP contribution >= 0.6 is 0 Å². The Morgan fingerprint density at radius 1 is 0.426 bits per heavy atom. The first-order chi connectivity index (χ1) is 33.4. The summed E-state index contributed by atoms with van der Waals surface area (Å²) in [6.07, 6.45) is 6.03. The van der Waals surface area contributed by atoms with Gasteiger partial charge in [-0.15, -0.1) is 0 Å². The summed E-state index contributed by atoms with van der Waals surface area (Å²) in [5.74, 6) is -1.29. The molecule has 2 heterocycles. The Labute approximate surface area is 392 Å². The zero-order valence-electron chi connectivity index (χ0n) is 36.1. The highest BCUT2D eigenvalue weighted by molar-refractivity contribution is 6.38. The summed E-state index contributed by atoms with van der Waals surface area (Å²) in [6, 6.07) is 63.4. The van der Waals surface area contributed by atoms with Crippen LogP contribution in [0.15, 0.2) is 194 Å². The molecular formula is C60H34N6O2. The van der Waals surface area contributed by atoms with Crippen LogP contribution in [0.2, 0.25) is 0 Å². The van der Waals surface area contributed by atoms with Gasteiger partial charge < -0.3 is 4.90 Å². The van der Waals surface area contributed by atoms with E-state index in [1.807, 2.05) is 140 Å². The molecule has 2 unspecified atom stereocenters. The molecule has 316 valence electrons. The van der Waals surface area contributed by atoms with E-state index >= 15 is 9.59 Å². The normalized spacial score (nSPS) is 15.3. The van der Waals surface area contributed by atoms with Crippen molar-refractivity contribution >= 4 is 34.4 Å². The van der Waals surface area contributed by atoms with E-state index in [1.165, 1.54) is 4.90 Å². The second-order valence-electron chi connectivity index (χ2n) is 16.8. The molecule has 2 atom stereocenters. The number of rotatable bonds is 7. The average Bonchev–Trinajstić information content (AvgIpc) is 3.88. The fourth-order valence-electron chi connectivity index (χ4n) is 10.1. The molecule has 8 nitrogen and oxygen atoms in total. The Balaban J connectivity index is 1.17. The van der Waals surface area contributed by atoms with Crippen molar-refractivity contribution in [1.82, 2.24) is 0 Å². The van der Waals surface area contributed by atoms with Crippen molar-refractivity contribution in [3.8, 4) is 68.8 Å². The Morgan fingerprint density at radius 3 is 1.50 bits per heavy atom. The molecule has 2 amide bonds. The molecule has 8 heteroatoms. The molecule has 0 saturated heterocycles. The summed E-state index contributed by atoms with van der Waals surface area (Å²) in [5, 5.41) is 40.4. The number of hydrogen-bond donors (Lipinski definition) is 0. The number of amides is 2. The maximum absolute atomic E-state index is 15.9. The van der Waals surface area contributed by atoms with Crippen molar-refractivity contribution in [2.75, 3.05) is 9.80 Å². The zero-order chi connectivity index (χ0) is 46.5. The molecular weight excluding hydrogens is 837 g/mol. The molecule has 0 fully saturated rings. The molecule has 68 heavy (non-hydrogen) atoms. The summed E-state index contributed by atoms with van der Waals surface area (Å²) in [4.78, 5) is 34.8. The van der Waals surface area contributed by atoms with Gasteiger partial charge in [0.25, 0.3) is 11.8 Å². The van der Waals surface area contributed by atoms with E-state index in [0.717, 1.165) is 39.1 Å². The van der Waals surface area contributed by atoms with Crippen molar-refractivity contribution in [3.63, 3.8) is 0 Å². The number of anilines is 3. The SMILES string of the molecule is N#Cc1cc(C#N)cc(C2=CC=CC3c4cccc(-c5cc(C#N)cc(C#N)c5)c4N(c4cccc5c4C(=O)N(c4c(-c6ccccc6)cc(-c6ccccc6)cc4-c4ccccc4)C5=O)C23)c1. The minimum Gasteiger partial charge on any atom is -0.331 e. The first kappa shape index (κ1) is 40.9. The standard InChI is InChI=1S/C60H34N6O2/c61-33-37-25-38(34-62)28-45(27-37)47-19-10-21-49-50-22-11-20-48(46-29-39(35-63)26-40(30-46)36-64)57(50)65(56(47)49)54-24-12-23-51-55(54)60(68)66(59(51)67)58-52(42-15-6-2-7-16-42)31-44(41-13-4-1-5-14-41)32-53(58)43-17-8-3-9-18-43/h1-32,49,56H. The van der Waals surface area contributed by atoms with Gasteiger partial charge in [0.1, 0.15) is 0 Å². The largest absolute Gasteiger partial charge is 0.331 e. The number of nitriles is 4. The number of fused-ring (bicyclic) bond motifs is 4. The lowest BCUT2D eigenvalue weighted by Crippen LogP contribution is -2.34. The van der Waals surface area contributed by atoms with Gasteiger partial charge in [0.15, 0.2) is 0 Å². The summed E-state index contributed by atoms with van der Waals surface area (Å²) < 4.78 is 0. The third-order valence-corrected chi connectivity index (χ3v) is 13.0. The summed E-state index contributed by atoms with van der Waals surface area (Å²) in [5.41, 5.74) is 12.0. The smallest absolute Gasteiger partial charge is 0.268 e. The average molecular weight is 871 g/mol. The van der Waals surface area contributed by atoms with Crippen LogP contribution in [0.25, 0.3) is 50.1 Å². The Morgan fingerprint density at radius 2 is 0.941 bits per heavy atom. The molecule has 0 saturated carbocycles. The highest BCUT2D eigenvalue weighted by Gasteiger charge is 2.48. The molecule has 8 aromatic rings. The van der Waals surface area contributed by atoms with Gasteiger partial charge in [-0.05, 0) is 105 Å². The van der Waals surface area contributed by atoms with Crippen LogP contribution < -0.4 is 9.80 Å². The third kappa shape index (κ3) is 6.66. The first-order valence-corrected chi connectivity index (χ1v) is 22.0. The lowest BCUT2D eigenvalue weighted by Gasteiger charge is -2.35. The van der Waals surface area contributed by atoms with Crippen LogP contribution in [0, 0.1) is 45.3 Å². The van der Waals surface area contributed by atoms with Crippen LogP contribution in [-0.4, -0.2) is 17.9 Å². The van der Waals surface area contributed by atoms with Crippen LogP contribution in [0.1, 0.15) is 60.0 Å². The predicted octanol–water partition coefficient (Wildman–Crippen LogP) is 12.9. The molecule has 0 radical (unpaired) electrons. The van der Waals surface area contributed by atoms with Gasteiger partial charge >= 0.3 is 0 Å². The number of carbonyl (C=O) groups excluding carboxylic acids is 2. The number of allylic oxidation sites excluding steroid dienone is 2. The number of carbonyl (C=O) groups is 2. The van der Waals surface area contributed by atoms with Crippen LogP contribution in [-0.2, 0) is 0 Å². The van der Waals surface area contributed by atoms with Crippen molar-refractivity contribution in [2.45, 2.75) is 12.0 Å². The number of hydrogen-bond acceptors (Lipinski definition) is 7. The minimum absolute atomic E-state index is 0.213. The van der Waals surface area contributed by atoms with Crippen LogP contribution in [0.3, 0.4) is 0 Å². The monoisotopic (exact) mass is 870 g/mol. The molecule has 0 bridgehead atoms. The lowest BCUT2D eigenvalue weighted by atomic mass is 9.82. The predicted molar refractivity (Wildman–Crippen MR) is 263 cm³/mol. The van der Waals surface area contributed by atoms with Gasteiger partial charge in [-0.3, -0.25) is 9.59 Å². The summed E-state index contributed by atoms with van der Waals surface area (Å²) in [7, 11) is 0. The van der Waals surface area contributed by atoms with Gasteiger partial charge in [-0.1, -0.05) is 133 Å². The number of para-hydroxylation sites is 1. The fourth-order valence-corrected chi connectivity index (χ4v) is 10.1. The molecule has 8 aromatic carbocycles. The highest BCUT2D eigenvalue weighted by atomic mass is 16.2. The highest BCUT2D eigenvalue weighted by Crippen LogP contribution is 2.57. The Bertz CT molecular complexity index is 3550. The van der Waals surface area contributed by atoms with Crippen molar-refractivity contribution in [2.24, 2.45) is 0 Å². The zero-order valence-corrected chi connectivity index (χ0v) is 36.1. The van der Waals surface area contributed by atoms with Gasteiger partial charge in [0.2, 0.25) is 0 Å². The van der Waals surface area contributed by atoms with E-state index in [9.17, 15) is 21.0 Å². The summed E-state index contributed by atoms with van der Waals surface area (Å²) >= 11 is 0. The minimum atomic E-state index is -0.542. The third-order valence-electron chi connectivity index (χ3n) is 13.0. The maximum atomic E-state index is 15.9. The Kier molecular flexibility index (Phi) is 9.98. The van der Waals surface area contributed by atoms with Crippen molar-refractivity contribution in [3.05, 3.63) is 239 Å². The molecule has 3 aliphatic rings. The van der Waals surface area contributed by atoms with E-state index in [2.05, 4.69) is 35.3 Å². The van der Waals surface area contributed by atoms with Gasteiger partial charge in [-0.2, -0.15) is 21.0 Å². The lowest BCUT2D eigenvalue weighted by molar-refractivity contribution is 0.0926. The second kappa shape index (κ2) is 16.6. The topological polar surface area (TPSA) is 136 Å². The summed E-state index contributed by atoms with van der Waals surface area (Å²) in [6.45, 7) is 0. The molecule has 11 rings (SSSR count).